The van der Waals surface area contributed by atoms with Crippen LogP contribution in [0.4, 0.5) is 0 Å². The Bertz CT molecular complexity index is 375. The minimum atomic E-state index is -0.848. The van der Waals surface area contributed by atoms with Crippen LogP contribution in [0.15, 0.2) is 0 Å². The van der Waals surface area contributed by atoms with E-state index < -0.39 is 11.9 Å². The van der Waals surface area contributed by atoms with E-state index in [1.165, 1.54) is 0 Å². The molecule has 0 spiro atoms. The summed E-state index contributed by atoms with van der Waals surface area (Å²) >= 11 is 0. The molecule has 2 heterocycles. The lowest BCUT2D eigenvalue weighted by molar-refractivity contribution is -0.139. The number of carboxylic acids is 1. The van der Waals surface area contributed by atoms with E-state index >= 15 is 0 Å². The number of aliphatic carboxylic acids is 1. The summed E-state index contributed by atoms with van der Waals surface area (Å²) in [6.07, 6.45) is 1.81. The first-order chi connectivity index (χ1) is 7.22. The van der Waals surface area contributed by atoms with Crippen LogP contribution in [0.5, 0.6) is 0 Å². The normalized spacial score (nSPS) is 19.9. The van der Waals surface area contributed by atoms with E-state index in [9.17, 15) is 4.79 Å². The van der Waals surface area contributed by atoms with Crippen molar-refractivity contribution in [3.63, 3.8) is 0 Å². The minimum absolute atomic E-state index is 0.0127. The Kier molecular flexibility index (Phi) is 2.68. The second-order valence-corrected chi connectivity index (χ2v) is 3.62. The summed E-state index contributed by atoms with van der Waals surface area (Å²) < 4.78 is 1.65. The van der Waals surface area contributed by atoms with Gasteiger partial charge in [-0.05, 0) is 12.8 Å². The molecule has 1 aromatic rings. The standard InChI is InChI=1S/C9H13N3O3/c13-5-3-7-10-8-6(9(14)15)2-1-4-12(8)11-7/h6,13H,1-5H2,(H,14,15). The highest BCUT2D eigenvalue weighted by Gasteiger charge is 2.29. The van der Waals surface area contributed by atoms with E-state index in [2.05, 4.69) is 10.1 Å². The molecule has 1 aliphatic rings. The average Bonchev–Trinajstić information content (AvgIpc) is 2.59. The fourth-order valence-electron chi connectivity index (χ4n) is 1.84. The molecular formula is C9H13N3O3. The number of aliphatic hydroxyl groups excluding tert-OH is 1. The molecule has 2 rings (SSSR count). The zero-order valence-corrected chi connectivity index (χ0v) is 8.26. The Morgan fingerprint density at radius 1 is 1.60 bits per heavy atom. The molecule has 0 aliphatic carbocycles. The number of fused-ring (bicyclic) bond motifs is 1. The van der Waals surface area contributed by atoms with Gasteiger partial charge in [-0.1, -0.05) is 0 Å². The first kappa shape index (κ1) is 10.1. The first-order valence-electron chi connectivity index (χ1n) is 4.99. The fourth-order valence-corrected chi connectivity index (χ4v) is 1.84. The molecule has 0 saturated heterocycles. The quantitative estimate of drug-likeness (QED) is 0.721. The molecular weight excluding hydrogens is 198 g/mol. The summed E-state index contributed by atoms with van der Waals surface area (Å²) in [5.41, 5.74) is 0. The highest BCUT2D eigenvalue weighted by atomic mass is 16.4. The first-order valence-corrected chi connectivity index (χ1v) is 4.99. The molecule has 0 bridgehead atoms. The highest BCUT2D eigenvalue weighted by molar-refractivity contribution is 5.75. The van der Waals surface area contributed by atoms with Gasteiger partial charge in [0.05, 0.1) is 6.61 Å². The van der Waals surface area contributed by atoms with Crippen molar-refractivity contribution >= 4 is 5.97 Å². The van der Waals surface area contributed by atoms with Gasteiger partial charge in [0, 0.05) is 13.0 Å². The lowest BCUT2D eigenvalue weighted by Crippen LogP contribution is -2.22. The maximum atomic E-state index is 11.0. The Labute approximate surface area is 86.6 Å². The molecule has 0 fully saturated rings. The molecule has 15 heavy (non-hydrogen) atoms. The lowest BCUT2D eigenvalue weighted by atomic mass is 10.00. The molecule has 2 N–H and O–H groups in total. The summed E-state index contributed by atoms with van der Waals surface area (Å²) in [4.78, 5) is 15.1. The number of carbonyl (C=O) groups is 1. The van der Waals surface area contributed by atoms with Crippen molar-refractivity contribution in [3.05, 3.63) is 11.6 Å². The number of aryl methyl sites for hydroxylation is 1. The Balaban J connectivity index is 2.30. The smallest absolute Gasteiger partial charge is 0.314 e. The van der Waals surface area contributed by atoms with Gasteiger partial charge in [0.1, 0.15) is 11.7 Å². The number of aromatic nitrogens is 3. The second-order valence-electron chi connectivity index (χ2n) is 3.62. The molecule has 1 unspecified atom stereocenters. The number of nitrogens with zero attached hydrogens (tertiary/aromatic N) is 3. The zero-order chi connectivity index (χ0) is 10.8. The molecule has 0 radical (unpaired) electrons. The maximum Gasteiger partial charge on any atom is 0.314 e. The van der Waals surface area contributed by atoms with E-state index in [0.29, 0.717) is 24.5 Å². The Morgan fingerprint density at radius 2 is 2.40 bits per heavy atom. The predicted molar refractivity (Wildman–Crippen MR) is 50.4 cm³/mol. The molecule has 1 atom stereocenters. The molecule has 0 aromatic carbocycles. The molecule has 0 saturated carbocycles. The van der Waals surface area contributed by atoms with Crippen LogP contribution in [0, 0.1) is 0 Å². The van der Waals surface area contributed by atoms with Crippen molar-refractivity contribution in [1.82, 2.24) is 14.8 Å². The third-order valence-corrected chi connectivity index (χ3v) is 2.55. The summed E-state index contributed by atoms with van der Waals surface area (Å²) in [6, 6.07) is 0. The molecule has 6 nitrogen and oxygen atoms in total. The van der Waals surface area contributed by atoms with E-state index in [1.54, 1.807) is 4.68 Å². The SMILES string of the molecule is O=C(O)C1CCCn2nc(CCO)nc21. The molecule has 1 aliphatic heterocycles. The number of carboxylic acid groups (broad SMARTS) is 1. The second kappa shape index (κ2) is 3.98. The zero-order valence-electron chi connectivity index (χ0n) is 8.26. The monoisotopic (exact) mass is 211 g/mol. The Hall–Kier alpha value is -1.43. The summed E-state index contributed by atoms with van der Waals surface area (Å²) in [5, 5.41) is 21.9. The number of rotatable bonds is 3. The van der Waals surface area contributed by atoms with Crippen molar-refractivity contribution in [2.24, 2.45) is 0 Å². The van der Waals surface area contributed by atoms with Gasteiger partial charge in [-0.2, -0.15) is 5.10 Å². The van der Waals surface area contributed by atoms with E-state index in [0.717, 1.165) is 13.0 Å². The van der Waals surface area contributed by atoms with Crippen LogP contribution >= 0.6 is 0 Å². The van der Waals surface area contributed by atoms with Gasteiger partial charge in [0.2, 0.25) is 0 Å². The van der Waals surface area contributed by atoms with E-state index in [1.807, 2.05) is 0 Å². The number of hydrogen-bond acceptors (Lipinski definition) is 4. The van der Waals surface area contributed by atoms with Gasteiger partial charge >= 0.3 is 5.97 Å². The molecule has 0 amide bonds. The van der Waals surface area contributed by atoms with Gasteiger partial charge < -0.3 is 10.2 Å². The minimum Gasteiger partial charge on any atom is -0.481 e. The largest absolute Gasteiger partial charge is 0.481 e. The molecule has 6 heteroatoms. The van der Waals surface area contributed by atoms with Gasteiger partial charge in [-0.3, -0.25) is 4.79 Å². The topological polar surface area (TPSA) is 88.2 Å². The van der Waals surface area contributed by atoms with Gasteiger partial charge in [-0.25, -0.2) is 9.67 Å². The summed E-state index contributed by atoms with van der Waals surface area (Å²) in [6.45, 7) is 0.707. The van der Waals surface area contributed by atoms with Crippen molar-refractivity contribution < 1.29 is 15.0 Å². The molecule has 82 valence electrons. The fraction of sp³-hybridized carbons (Fsp3) is 0.667. The van der Waals surface area contributed by atoms with Crippen LogP contribution in [-0.2, 0) is 17.8 Å². The highest BCUT2D eigenvalue weighted by Crippen LogP contribution is 2.25. The maximum absolute atomic E-state index is 11.0. The summed E-state index contributed by atoms with van der Waals surface area (Å²) in [5.74, 6) is -0.338. The van der Waals surface area contributed by atoms with Crippen LogP contribution in [-0.4, -0.2) is 37.6 Å². The van der Waals surface area contributed by atoms with Crippen LogP contribution < -0.4 is 0 Å². The average molecular weight is 211 g/mol. The van der Waals surface area contributed by atoms with E-state index in [4.69, 9.17) is 10.2 Å². The number of hydrogen-bond donors (Lipinski definition) is 2. The van der Waals surface area contributed by atoms with Crippen molar-refractivity contribution in [3.8, 4) is 0 Å². The van der Waals surface area contributed by atoms with Crippen molar-refractivity contribution in [1.29, 1.82) is 0 Å². The molecule has 1 aromatic heterocycles. The third-order valence-electron chi connectivity index (χ3n) is 2.55. The Morgan fingerprint density at radius 3 is 3.07 bits per heavy atom. The van der Waals surface area contributed by atoms with Crippen molar-refractivity contribution in [2.45, 2.75) is 31.7 Å². The van der Waals surface area contributed by atoms with Gasteiger partial charge in [-0.15, -0.1) is 0 Å². The van der Waals surface area contributed by atoms with Crippen molar-refractivity contribution in [2.75, 3.05) is 6.61 Å². The predicted octanol–water partition coefficient (Wildman–Crippen LogP) is -0.225. The van der Waals surface area contributed by atoms with Gasteiger partial charge in [0.15, 0.2) is 5.82 Å². The third kappa shape index (κ3) is 1.85. The van der Waals surface area contributed by atoms with Crippen LogP contribution in [0.25, 0.3) is 0 Å². The van der Waals surface area contributed by atoms with Crippen LogP contribution in [0.2, 0.25) is 0 Å². The van der Waals surface area contributed by atoms with Crippen LogP contribution in [0.1, 0.15) is 30.4 Å². The lowest BCUT2D eigenvalue weighted by Gasteiger charge is -2.17. The van der Waals surface area contributed by atoms with E-state index in [-0.39, 0.29) is 6.61 Å². The number of aliphatic hydroxyl groups is 1. The summed E-state index contributed by atoms with van der Waals surface area (Å²) in [7, 11) is 0. The van der Waals surface area contributed by atoms with Gasteiger partial charge in [0.25, 0.3) is 0 Å². The van der Waals surface area contributed by atoms with Crippen LogP contribution in [0.3, 0.4) is 0 Å².